The second-order valence-electron chi connectivity index (χ2n) is 6.63. The van der Waals surface area contributed by atoms with Gasteiger partial charge in [0.15, 0.2) is 0 Å². The van der Waals surface area contributed by atoms with E-state index in [0.29, 0.717) is 30.8 Å². The standard InChI is InChI=1S/C20H23N5O3/c1-26-11-12-27-18-13-15(7-9-22-18)19-23-20(28-24-19)17-6-4-10-25(17)14-16-5-2-3-8-21-16/h2-3,5,7-9,13,17H,4,6,10-12,14H2,1H3/t17-/m0/s1. The summed E-state index contributed by atoms with van der Waals surface area (Å²) >= 11 is 0. The van der Waals surface area contributed by atoms with Crippen molar-refractivity contribution in [2.75, 3.05) is 26.9 Å². The van der Waals surface area contributed by atoms with E-state index in [1.807, 2.05) is 36.5 Å². The van der Waals surface area contributed by atoms with Crippen LogP contribution in [0.5, 0.6) is 5.88 Å². The van der Waals surface area contributed by atoms with Gasteiger partial charge in [-0.05, 0) is 37.6 Å². The Balaban J connectivity index is 1.47. The minimum Gasteiger partial charge on any atom is -0.475 e. The molecule has 1 saturated heterocycles. The number of pyridine rings is 2. The zero-order chi connectivity index (χ0) is 19.2. The van der Waals surface area contributed by atoms with Gasteiger partial charge in [0, 0.05) is 37.7 Å². The van der Waals surface area contributed by atoms with Crippen molar-refractivity contribution in [2.45, 2.75) is 25.4 Å². The van der Waals surface area contributed by atoms with Gasteiger partial charge in [-0.25, -0.2) is 4.98 Å². The van der Waals surface area contributed by atoms with Gasteiger partial charge in [0.05, 0.1) is 18.3 Å². The Morgan fingerprint density at radius 2 is 2.14 bits per heavy atom. The molecule has 0 aromatic carbocycles. The Kier molecular flexibility index (Phi) is 5.89. The average molecular weight is 381 g/mol. The molecule has 28 heavy (non-hydrogen) atoms. The van der Waals surface area contributed by atoms with E-state index in [9.17, 15) is 0 Å². The molecule has 146 valence electrons. The predicted molar refractivity (Wildman–Crippen MR) is 102 cm³/mol. The Labute approximate surface area is 163 Å². The van der Waals surface area contributed by atoms with Crippen LogP contribution in [0.2, 0.25) is 0 Å². The molecule has 4 heterocycles. The highest BCUT2D eigenvalue weighted by Gasteiger charge is 2.31. The predicted octanol–water partition coefficient (Wildman–Crippen LogP) is 2.89. The van der Waals surface area contributed by atoms with Crippen molar-refractivity contribution < 1.29 is 14.0 Å². The molecule has 0 unspecified atom stereocenters. The second-order valence-corrected chi connectivity index (χ2v) is 6.63. The molecular weight excluding hydrogens is 358 g/mol. The van der Waals surface area contributed by atoms with Crippen LogP contribution in [-0.2, 0) is 11.3 Å². The molecule has 0 N–H and O–H groups in total. The Morgan fingerprint density at radius 3 is 3.00 bits per heavy atom. The summed E-state index contributed by atoms with van der Waals surface area (Å²) in [6.45, 7) is 2.71. The second kappa shape index (κ2) is 8.90. The maximum atomic E-state index is 5.60. The third-order valence-corrected chi connectivity index (χ3v) is 4.71. The maximum Gasteiger partial charge on any atom is 0.244 e. The van der Waals surface area contributed by atoms with E-state index in [4.69, 9.17) is 14.0 Å². The summed E-state index contributed by atoms with van der Waals surface area (Å²) in [5.74, 6) is 1.69. The zero-order valence-electron chi connectivity index (χ0n) is 15.8. The maximum absolute atomic E-state index is 5.60. The first kappa shape index (κ1) is 18.5. The van der Waals surface area contributed by atoms with Gasteiger partial charge in [-0.15, -0.1) is 0 Å². The molecule has 0 radical (unpaired) electrons. The molecule has 8 heteroatoms. The summed E-state index contributed by atoms with van der Waals surface area (Å²) in [4.78, 5) is 15.6. The minimum atomic E-state index is 0.113. The van der Waals surface area contributed by atoms with Crippen LogP contribution in [0.25, 0.3) is 11.4 Å². The van der Waals surface area contributed by atoms with Crippen LogP contribution in [0.1, 0.15) is 30.5 Å². The van der Waals surface area contributed by atoms with Crippen LogP contribution in [0.15, 0.2) is 47.2 Å². The number of hydrogen-bond acceptors (Lipinski definition) is 8. The highest BCUT2D eigenvalue weighted by Crippen LogP contribution is 2.33. The van der Waals surface area contributed by atoms with E-state index in [1.54, 1.807) is 13.3 Å². The zero-order valence-corrected chi connectivity index (χ0v) is 15.8. The normalized spacial score (nSPS) is 17.1. The number of likely N-dealkylation sites (tertiary alicyclic amines) is 1. The quantitative estimate of drug-likeness (QED) is 0.551. The lowest BCUT2D eigenvalue weighted by Crippen LogP contribution is -2.23. The van der Waals surface area contributed by atoms with E-state index >= 15 is 0 Å². The minimum absolute atomic E-state index is 0.113. The number of methoxy groups -OCH3 is 1. The third kappa shape index (κ3) is 4.35. The third-order valence-electron chi connectivity index (χ3n) is 4.71. The molecule has 0 saturated carbocycles. The first-order chi connectivity index (χ1) is 13.8. The van der Waals surface area contributed by atoms with Gasteiger partial charge >= 0.3 is 0 Å². The Hall–Kier alpha value is -2.84. The fourth-order valence-electron chi connectivity index (χ4n) is 3.34. The van der Waals surface area contributed by atoms with Gasteiger partial charge in [0.2, 0.25) is 17.6 Å². The molecule has 4 rings (SSSR count). The van der Waals surface area contributed by atoms with Gasteiger partial charge in [-0.3, -0.25) is 9.88 Å². The van der Waals surface area contributed by atoms with Gasteiger partial charge in [0.25, 0.3) is 0 Å². The molecule has 1 aliphatic rings. The van der Waals surface area contributed by atoms with Crippen molar-refractivity contribution in [3.63, 3.8) is 0 Å². The van der Waals surface area contributed by atoms with Gasteiger partial charge < -0.3 is 14.0 Å². The molecule has 3 aromatic rings. The van der Waals surface area contributed by atoms with Crippen molar-refractivity contribution in [3.8, 4) is 17.3 Å². The van der Waals surface area contributed by atoms with Crippen molar-refractivity contribution >= 4 is 0 Å². The number of rotatable bonds is 8. The summed E-state index contributed by atoms with van der Waals surface area (Å²) in [5.41, 5.74) is 1.85. The molecular formula is C20H23N5O3. The fraction of sp³-hybridized carbons (Fsp3) is 0.400. The summed E-state index contributed by atoms with van der Waals surface area (Å²) in [7, 11) is 1.63. The van der Waals surface area contributed by atoms with Crippen LogP contribution in [0.3, 0.4) is 0 Å². The van der Waals surface area contributed by atoms with Crippen LogP contribution < -0.4 is 4.74 Å². The van der Waals surface area contributed by atoms with Crippen molar-refractivity contribution in [1.82, 2.24) is 25.0 Å². The van der Waals surface area contributed by atoms with Crippen LogP contribution in [-0.4, -0.2) is 51.9 Å². The molecule has 1 aliphatic heterocycles. The molecule has 3 aromatic heterocycles. The first-order valence-corrected chi connectivity index (χ1v) is 9.39. The molecule has 0 aliphatic carbocycles. The van der Waals surface area contributed by atoms with Crippen LogP contribution >= 0.6 is 0 Å². The summed E-state index contributed by atoms with van der Waals surface area (Å²) < 4.78 is 16.2. The topological polar surface area (TPSA) is 86.4 Å². The lowest BCUT2D eigenvalue weighted by molar-refractivity contribution is 0.144. The van der Waals surface area contributed by atoms with Crippen LogP contribution in [0, 0.1) is 0 Å². The number of aromatic nitrogens is 4. The SMILES string of the molecule is COCCOc1cc(-c2noc([C@@H]3CCCN3Cc3ccccn3)n2)ccn1. The lowest BCUT2D eigenvalue weighted by Gasteiger charge is -2.20. The molecule has 0 bridgehead atoms. The van der Waals surface area contributed by atoms with E-state index in [0.717, 1.165) is 37.2 Å². The summed E-state index contributed by atoms with van der Waals surface area (Å²) in [6.07, 6.45) is 5.59. The smallest absolute Gasteiger partial charge is 0.244 e. The van der Waals surface area contributed by atoms with Crippen molar-refractivity contribution in [1.29, 1.82) is 0 Å². The first-order valence-electron chi connectivity index (χ1n) is 9.39. The van der Waals surface area contributed by atoms with E-state index in [-0.39, 0.29) is 6.04 Å². The molecule has 1 atom stereocenters. The van der Waals surface area contributed by atoms with E-state index in [1.165, 1.54) is 0 Å². The van der Waals surface area contributed by atoms with E-state index < -0.39 is 0 Å². The van der Waals surface area contributed by atoms with Crippen LogP contribution in [0.4, 0.5) is 0 Å². The fourth-order valence-corrected chi connectivity index (χ4v) is 3.34. The van der Waals surface area contributed by atoms with E-state index in [2.05, 4.69) is 25.0 Å². The molecule has 1 fully saturated rings. The monoisotopic (exact) mass is 381 g/mol. The average Bonchev–Trinajstić information content (AvgIpc) is 3.39. The Bertz CT molecular complexity index is 886. The van der Waals surface area contributed by atoms with Crippen molar-refractivity contribution in [2.24, 2.45) is 0 Å². The molecule has 0 amide bonds. The molecule has 8 nitrogen and oxygen atoms in total. The lowest BCUT2D eigenvalue weighted by atomic mass is 10.2. The number of nitrogens with zero attached hydrogens (tertiary/aromatic N) is 5. The van der Waals surface area contributed by atoms with Gasteiger partial charge in [-0.1, -0.05) is 11.2 Å². The van der Waals surface area contributed by atoms with Crippen molar-refractivity contribution in [3.05, 3.63) is 54.3 Å². The Morgan fingerprint density at radius 1 is 1.18 bits per heavy atom. The molecule has 0 spiro atoms. The largest absolute Gasteiger partial charge is 0.475 e. The highest BCUT2D eigenvalue weighted by molar-refractivity contribution is 5.55. The summed E-state index contributed by atoms with van der Waals surface area (Å²) in [6, 6.07) is 9.74. The number of hydrogen-bond donors (Lipinski definition) is 0. The number of ether oxygens (including phenoxy) is 2. The highest BCUT2D eigenvalue weighted by atomic mass is 16.5. The van der Waals surface area contributed by atoms with Gasteiger partial charge in [-0.2, -0.15) is 4.98 Å². The van der Waals surface area contributed by atoms with Gasteiger partial charge in [0.1, 0.15) is 6.61 Å². The summed E-state index contributed by atoms with van der Waals surface area (Å²) in [5, 5.41) is 4.17.